The fraction of sp³-hybridized carbons (Fsp3) is 0.348. The molecule has 8 nitrogen and oxygen atoms in total. The molecule has 1 aliphatic heterocycles. The zero-order valence-electron chi connectivity index (χ0n) is 18.2. The van der Waals surface area contributed by atoms with Crippen LogP contribution in [0.3, 0.4) is 0 Å². The molecule has 8 heteroatoms. The van der Waals surface area contributed by atoms with Crippen molar-refractivity contribution in [3.63, 3.8) is 0 Å². The number of nitrogens with zero attached hydrogens (tertiary/aromatic N) is 3. The molecule has 0 saturated heterocycles. The van der Waals surface area contributed by atoms with Gasteiger partial charge in [-0.3, -0.25) is 9.59 Å². The van der Waals surface area contributed by atoms with Gasteiger partial charge in [-0.1, -0.05) is 12.1 Å². The Hall–Kier alpha value is -3.39. The Bertz CT molecular complexity index is 941. The summed E-state index contributed by atoms with van der Waals surface area (Å²) in [6.45, 7) is -0.166. The van der Waals surface area contributed by atoms with Crippen LogP contribution >= 0.6 is 0 Å². The minimum absolute atomic E-state index is 0.0773. The third-order valence-corrected chi connectivity index (χ3v) is 5.16. The van der Waals surface area contributed by atoms with E-state index in [1.165, 1.54) is 17.0 Å². The van der Waals surface area contributed by atoms with Gasteiger partial charge in [0, 0.05) is 20.6 Å². The highest BCUT2D eigenvalue weighted by Gasteiger charge is 2.34. The molecule has 0 unspecified atom stereocenters. The van der Waals surface area contributed by atoms with Crippen LogP contribution < -0.4 is 9.47 Å². The van der Waals surface area contributed by atoms with Crippen molar-refractivity contribution in [2.75, 3.05) is 41.5 Å². The summed E-state index contributed by atoms with van der Waals surface area (Å²) >= 11 is 0. The fourth-order valence-electron chi connectivity index (χ4n) is 3.38. The molecular weight excluding hydrogens is 398 g/mol. The summed E-state index contributed by atoms with van der Waals surface area (Å²) in [5.74, 6) is 0.952. The fourth-order valence-corrected chi connectivity index (χ4v) is 3.38. The van der Waals surface area contributed by atoms with Crippen LogP contribution in [0.5, 0.6) is 11.5 Å². The second kappa shape index (κ2) is 10.1. The zero-order chi connectivity index (χ0) is 22.4. The van der Waals surface area contributed by atoms with Crippen LogP contribution in [0.25, 0.3) is 0 Å². The summed E-state index contributed by atoms with van der Waals surface area (Å²) in [7, 11) is 6.24. The Labute approximate surface area is 182 Å². The van der Waals surface area contributed by atoms with Crippen LogP contribution in [0.2, 0.25) is 0 Å². The molecule has 0 bridgehead atoms. The second-order valence-corrected chi connectivity index (χ2v) is 7.19. The first-order chi connectivity index (χ1) is 15.0. The molecular formula is C23H27N3O5. The van der Waals surface area contributed by atoms with Crippen LogP contribution in [0.15, 0.2) is 53.6 Å². The molecule has 0 aromatic heterocycles. The molecule has 2 aromatic rings. The lowest BCUT2D eigenvalue weighted by Crippen LogP contribution is -2.40. The van der Waals surface area contributed by atoms with E-state index in [1.807, 2.05) is 48.5 Å². The number of amides is 2. The molecule has 0 radical (unpaired) electrons. The van der Waals surface area contributed by atoms with Crippen molar-refractivity contribution < 1.29 is 23.8 Å². The summed E-state index contributed by atoms with van der Waals surface area (Å²) in [6, 6.07) is 14.9. The lowest BCUT2D eigenvalue weighted by molar-refractivity contribution is -0.142. The van der Waals surface area contributed by atoms with E-state index in [1.54, 1.807) is 21.3 Å². The lowest BCUT2D eigenvalue weighted by Gasteiger charge is -2.25. The topological polar surface area (TPSA) is 80.7 Å². The molecule has 1 atom stereocenters. The summed E-state index contributed by atoms with van der Waals surface area (Å²) in [5.41, 5.74) is 2.65. The predicted octanol–water partition coefficient (Wildman–Crippen LogP) is 2.49. The standard InChI is InChI=1S/C23H27N3O5/c1-25(23(28)15-29-2)14-22(27)26-21(17-7-11-19(31-4)12-8-17)13-20(24-26)16-5-9-18(30-3)10-6-16/h5-12,21H,13-15H2,1-4H3/t21-/m1/s1. The van der Waals surface area contributed by atoms with Gasteiger partial charge in [0.25, 0.3) is 5.91 Å². The number of rotatable bonds is 8. The SMILES string of the molecule is COCC(=O)N(C)CC(=O)N1N=C(c2ccc(OC)cc2)C[C@@H]1c1ccc(OC)cc1. The van der Waals surface area contributed by atoms with Crippen molar-refractivity contribution >= 4 is 17.5 Å². The molecule has 164 valence electrons. The third-order valence-electron chi connectivity index (χ3n) is 5.16. The van der Waals surface area contributed by atoms with Crippen molar-refractivity contribution in [3.8, 4) is 11.5 Å². The molecule has 0 saturated carbocycles. The van der Waals surface area contributed by atoms with E-state index in [9.17, 15) is 9.59 Å². The summed E-state index contributed by atoms with van der Waals surface area (Å²) < 4.78 is 15.3. The molecule has 1 aliphatic rings. The van der Waals surface area contributed by atoms with Gasteiger partial charge in [-0.15, -0.1) is 0 Å². The minimum Gasteiger partial charge on any atom is -0.497 e. The zero-order valence-corrected chi connectivity index (χ0v) is 18.2. The number of benzene rings is 2. The number of methoxy groups -OCH3 is 3. The van der Waals surface area contributed by atoms with Gasteiger partial charge in [-0.25, -0.2) is 5.01 Å². The minimum atomic E-state index is -0.276. The maximum atomic E-state index is 13.1. The summed E-state index contributed by atoms with van der Waals surface area (Å²) in [4.78, 5) is 26.5. The molecule has 0 fully saturated rings. The van der Waals surface area contributed by atoms with Crippen molar-refractivity contribution in [1.29, 1.82) is 0 Å². The normalized spacial score (nSPS) is 15.4. The number of hydrazone groups is 1. The maximum Gasteiger partial charge on any atom is 0.262 e. The average Bonchev–Trinajstić information content (AvgIpc) is 3.25. The predicted molar refractivity (Wildman–Crippen MR) is 116 cm³/mol. The van der Waals surface area contributed by atoms with Gasteiger partial charge in [0.05, 0.1) is 26.0 Å². The Morgan fingerprint density at radius 3 is 2.13 bits per heavy atom. The highest BCUT2D eigenvalue weighted by Crippen LogP contribution is 2.34. The number of hydrogen-bond acceptors (Lipinski definition) is 6. The Kier molecular flexibility index (Phi) is 7.25. The van der Waals surface area contributed by atoms with Crippen molar-refractivity contribution in [3.05, 3.63) is 59.7 Å². The number of ether oxygens (including phenoxy) is 3. The first-order valence-corrected chi connectivity index (χ1v) is 9.87. The molecule has 0 N–H and O–H groups in total. The number of hydrogen-bond donors (Lipinski definition) is 0. The van der Waals surface area contributed by atoms with Gasteiger partial charge in [-0.2, -0.15) is 5.10 Å². The van der Waals surface area contributed by atoms with Crippen LogP contribution in [-0.4, -0.2) is 69.0 Å². The van der Waals surface area contributed by atoms with Gasteiger partial charge < -0.3 is 19.1 Å². The molecule has 1 heterocycles. The monoisotopic (exact) mass is 425 g/mol. The lowest BCUT2D eigenvalue weighted by atomic mass is 9.98. The van der Waals surface area contributed by atoms with Crippen LogP contribution in [-0.2, 0) is 14.3 Å². The van der Waals surface area contributed by atoms with E-state index in [-0.39, 0.29) is 31.0 Å². The van der Waals surface area contributed by atoms with Crippen molar-refractivity contribution in [2.45, 2.75) is 12.5 Å². The van der Waals surface area contributed by atoms with E-state index in [0.29, 0.717) is 6.42 Å². The van der Waals surface area contributed by atoms with E-state index >= 15 is 0 Å². The molecule has 3 rings (SSSR count). The molecule has 31 heavy (non-hydrogen) atoms. The van der Waals surface area contributed by atoms with E-state index in [2.05, 4.69) is 5.10 Å². The van der Waals surface area contributed by atoms with Gasteiger partial charge in [0.2, 0.25) is 5.91 Å². The first-order valence-electron chi connectivity index (χ1n) is 9.87. The quantitative estimate of drug-likeness (QED) is 0.649. The Morgan fingerprint density at radius 1 is 1.00 bits per heavy atom. The Balaban J connectivity index is 1.87. The Morgan fingerprint density at radius 2 is 1.58 bits per heavy atom. The van der Waals surface area contributed by atoms with E-state index in [0.717, 1.165) is 28.3 Å². The van der Waals surface area contributed by atoms with E-state index in [4.69, 9.17) is 14.2 Å². The smallest absolute Gasteiger partial charge is 0.262 e. The van der Waals surface area contributed by atoms with Crippen LogP contribution in [0.4, 0.5) is 0 Å². The summed E-state index contributed by atoms with van der Waals surface area (Å²) in [5, 5.41) is 6.10. The van der Waals surface area contributed by atoms with Gasteiger partial charge >= 0.3 is 0 Å². The third kappa shape index (κ3) is 5.21. The average molecular weight is 425 g/mol. The number of carbonyl (C=O) groups excluding carboxylic acids is 2. The largest absolute Gasteiger partial charge is 0.497 e. The second-order valence-electron chi connectivity index (χ2n) is 7.19. The van der Waals surface area contributed by atoms with Crippen LogP contribution in [0, 0.1) is 0 Å². The van der Waals surface area contributed by atoms with Gasteiger partial charge in [0.15, 0.2) is 0 Å². The van der Waals surface area contributed by atoms with Gasteiger partial charge in [0.1, 0.15) is 24.7 Å². The molecule has 0 aliphatic carbocycles. The van der Waals surface area contributed by atoms with E-state index < -0.39 is 0 Å². The molecule has 0 spiro atoms. The maximum absolute atomic E-state index is 13.1. The van der Waals surface area contributed by atoms with Crippen LogP contribution in [0.1, 0.15) is 23.6 Å². The number of carbonyl (C=O) groups is 2. The number of likely N-dealkylation sites (N-methyl/N-ethyl adjacent to an activating group) is 1. The highest BCUT2D eigenvalue weighted by molar-refractivity contribution is 6.03. The molecule has 2 amide bonds. The highest BCUT2D eigenvalue weighted by atomic mass is 16.5. The first kappa shape index (κ1) is 22.3. The molecule has 2 aromatic carbocycles. The van der Waals surface area contributed by atoms with Crippen molar-refractivity contribution in [2.24, 2.45) is 5.10 Å². The van der Waals surface area contributed by atoms with Gasteiger partial charge in [-0.05, 0) is 47.5 Å². The summed E-state index contributed by atoms with van der Waals surface area (Å²) in [6.07, 6.45) is 0.556. The van der Waals surface area contributed by atoms with Crippen molar-refractivity contribution in [1.82, 2.24) is 9.91 Å².